The highest BCUT2D eigenvalue weighted by atomic mass is 16.6. The molecule has 122 valence electrons. The number of carboxylic acid groups (broad SMARTS) is 1. The van der Waals surface area contributed by atoms with Gasteiger partial charge in [-0.1, -0.05) is 6.07 Å². The second-order valence-electron chi connectivity index (χ2n) is 4.55. The number of amides is 1. The van der Waals surface area contributed by atoms with Crippen molar-refractivity contribution >= 4 is 23.8 Å². The third-order valence-corrected chi connectivity index (χ3v) is 3.01. The minimum absolute atomic E-state index is 0.110. The van der Waals surface area contributed by atoms with Gasteiger partial charge >= 0.3 is 5.97 Å². The van der Waals surface area contributed by atoms with Gasteiger partial charge in [-0.25, -0.2) is 10.2 Å². The molecule has 0 unspecified atom stereocenters. The van der Waals surface area contributed by atoms with Crippen LogP contribution in [0.4, 0.5) is 5.69 Å². The summed E-state index contributed by atoms with van der Waals surface area (Å²) in [4.78, 5) is 32.7. The zero-order valence-corrected chi connectivity index (χ0v) is 12.0. The van der Waals surface area contributed by atoms with Gasteiger partial charge in [0.05, 0.1) is 11.1 Å². The normalized spacial score (nSPS) is 10.5. The first-order chi connectivity index (χ1) is 11.4. The van der Waals surface area contributed by atoms with Crippen LogP contribution in [0.5, 0.6) is 5.75 Å². The largest absolute Gasteiger partial charge is 0.506 e. The standard InChI is InChI=1S/C15H11N3O6/c19-13-10(2-1-3-12(13)15(21)22)8-16-17-14(20)9-4-6-11(7-5-9)18(23)24/h1-8,19H,(H,17,20)(H,21,22)/b16-8+. The lowest BCUT2D eigenvalue weighted by Gasteiger charge is -2.03. The molecule has 2 rings (SSSR count). The molecule has 0 spiro atoms. The minimum atomic E-state index is -1.29. The molecule has 2 aromatic rings. The zero-order valence-electron chi connectivity index (χ0n) is 12.0. The monoisotopic (exact) mass is 329 g/mol. The molecule has 0 heterocycles. The lowest BCUT2D eigenvalue weighted by atomic mass is 10.1. The van der Waals surface area contributed by atoms with Crippen LogP contribution < -0.4 is 5.43 Å². The van der Waals surface area contributed by atoms with Crippen molar-refractivity contribution in [1.82, 2.24) is 5.43 Å². The summed E-state index contributed by atoms with van der Waals surface area (Å²) in [6.07, 6.45) is 1.09. The van der Waals surface area contributed by atoms with Crippen LogP contribution in [0, 0.1) is 10.1 Å². The molecule has 0 aliphatic carbocycles. The minimum Gasteiger partial charge on any atom is -0.506 e. The van der Waals surface area contributed by atoms with Gasteiger partial charge in [0.1, 0.15) is 11.3 Å². The molecule has 0 fully saturated rings. The number of carboxylic acids is 1. The van der Waals surface area contributed by atoms with E-state index in [0.29, 0.717) is 0 Å². The topological polar surface area (TPSA) is 142 Å². The number of hydrogen-bond acceptors (Lipinski definition) is 6. The van der Waals surface area contributed by atoms with Gasteiger partial charge in [0.15, 0.2) is 0 Å². The van der Waals surface area contributed by atoms with Gasteiger partial charge in [-0.05, 0) is 24.3 Å². The van der Waals surface area contributed by atoms with Crippen molar-refractivity contribution in [2.75, 3.05) is 0 Å². The Kier molecular flexibility index (Phi) is 4.85. The first kappa shape index (κ1) is 16.6. The number of rotatable bonds is 5. The molecule has 0 bridgehead atoms. The van der Waals surface area contributed by atoms with Gasteiger partial charge in [-0.3, -0.25) is 14.9 Å². The average molecular weight is 329 g/mol. The molecule has 0 aromatic heterocycles. The smallest absolute Gasteiger partial charge is 0.339 e. The molecule has 24 heavy (non-hydrogen) atoms. The maximum absolute atomic E-state index is 11.8. The number of hydrogen-bond donors (Lipinski definition) is 3. The Bertz CT molecular complexity index is 830. The van der Waals surface area contributed by atoms with Gasteiger partial charge in [-0.15, -0.1) is 0 Å². The molecule has 0 radical (unpaired) electrons. The molecule has 9 nitrogen and oxygen atoms in total. The van der Waals surface area contributed by atoms with Crippen molar-refractivity contribution in [1.29, 1.82) is 0 Å². The van der Waals surface area contributed by atoms with Crippen molar-refractivity contribution in [3.05, 3.63) is 69.3 Å². The average Bonchev–Trinajstić information content (AvgIpc) is 2.56. The quantitative estimate of drug-likeness (QED) is 0.433. The van der Waals surface area contributed by atoms with Crippen molar-refractivity contribution in [3.8, 4) is 5.75 Å². The Labute approximate surface area is 135 Å². The van der Waals surface area contributed by atoms with Crippen LogP contribution in [0.3, 0.4) is 0 Å². The first-order valence-electron chi connectivity index (χ1n) is 6.53. The van der Waals surface area contributed by atoms with E-state index in [1.807, 2.05) is 0 Å². The van der Waals surface area contributed by atoms with E-state index >= 15 is 0 Å². The van der Waals surface area contributed by atoms with Crippen LogP contribution in [0.1, 0.15) is 26.3 Å². The predicted molar refractivity (Wildman–Crippen MR) is 83.2 cm³/mol. The highest BCUT2D eigenvalue weighted by molar-refractivity contribution is 5.97. The summed E-state index contributed by atoms with van der Waals surface area (Å²) >= 11 is 0. The van der Waals surface area contributed by atoms with Crippen molar-refractivity contribution in [3.63, 3.8) is 0 Å². The Morgan fingerprint density at radius 3 is 2.42 bits per heavy atom. The number of nitrogens with zero attached hydrogens (tertiary/aromatic N) is 2. The lowest BCUT2D eigenvalue weighted by Crippen LogP contribution is -2.17. The van der Waals surface area contributed by atoms with Gasteiger partial charge in [0.25, 0.3) is 11.6 Å². The number of phenols is 1. The van der Waals surface area contributed by atoms with Gasteiger partial charge in [0.2, 0.25) is 0 Å². The van der Waals surface area contributed by atoms with E-state index in [0.717, 1.165) is 6.21 Å². The van der Waals surface area contributed by atoms with E-state index in [4.69, 9.17) is 5.11 Å². The van der Waals surface area contributed by atoms with Crippen LogP contribution in [0.2, 0.25) is 0 Å². The number of para-hydroxylation sites is 1. The number of non-ortho nitro benzene ring substituents is 1. The Morgan fingerprint density at radius 2 is 1.83 bits per heavy atom. The van der Waals surface area contributed by atoms with E-state index < -0.39 is 22.5 Å². The van der Waals surface area contributed by atoms with Crippen molar-refractivity contribution in [2.24, 2.45) is 5.10 Å². The number of benzene rings is 2. The molecule has 1 amide bonds. The van der Waals surface area contributed by atoms with E-state index in [-0.39, 0.29) is 22.4 Å². The van der Waals surface area contributed by atoms with Crippen LogP contribution in [0.15, 0.2) is 47.6 Å². The third kappa shape index (κ3) is 3.71. The number of nitro benzene ring substituents is 1. The lowest BCUT2D eigenvalue weighted by molar-refractivity contribution is -0.384. The van der Waals surface area contributed by atoms with E-state index in [9.17, 15) is 24.8 Å². The zero-order chi connectivity index (χ0) is 17.7. The maximum atomic E-state index is 11.8. The molecule has 9 heteroatoms. The summed E-state index contributed by atoms with van der Waals surface area (Å²) in [5.74, 6) is -2.38. The summed E-state index contributed by atoms with van der Waals surface area (Å²) in [5.41, 5.74) is 2.00. The van der Waals surface area contributed by atoms with Gasteiger partial charge in [0, 0.05) is 23.3 Å². The molecule has 0 aliphatic heterocycles. The second kappa shape index (κ2) is 7.01. The summed E-state index contributed by atoms with van der Waals surface area (Å²) < 4.78 is 0. The fourth-order valence-electron chi connectivity index (χ4n) is 1.80. The van der Waals surface area contributed by atoms with Crippen LogP contribution in [0.25, 0.3) is 0 Å². The molecule has 0 atom stereocenters. The SMILES string of the molecule is O=C(N/N=C/c1cccc(C(=O)O)c1O)c1ccc([N+](=O)[O-])cc1. The number of carbonyl (C=O) groups excluding carboxylic acids is 1. The van der Waals surface area contributed by atoms with Gasteiger partial charge < -0.3 is 10.2 Å². The summed E-state index contributed by atoms with van der Waals surface area (Å²) in [7, 11) is 0. The van der Waals surface area contributed by atoms with E-state index in [1.54, 1.807) is 0 Å². The number of nitrogens with one attached hydrogen (secondary N) is 1. The fraction of sp³-hybridized carbons (Fsp3) is 0. The molecule has 2 aromatic carbocycles. The maximum Gasteiger partial charge on any atom is 0.339 e. The van der Waals surface area contributed by atoms with E-state index in [1.165, 1.54) is 42.5 Å². The summed E-state index contributed by atoms with van der Waals surface area (Å²) in [6.45, 7) is 0. The van der Waals surface area contributed by atoms with E-state index in [2.05, 4.69) is 10.5 Å². The highest BCUT2D eigenvalue weighted by Crippen LogP contribution is 2.20. The highest BCUT2D eigenvalue weighted by Gasteiger charge is 2.12. The summed E-state index contributed by atoms with van der Waals surface area (Å²) in [6, 6.07) is 8.97. The number of nitro groups is 1. The molecular weight excluding hydrogens is 318 g/mol. The molecule has 3 N–H and O–H groups in total. The van der Waals surface area contributed by atoms with Crippen molar-refractivity contribution in [2.45, 2.75) is 0 Å². The van der Waals surface area contributed by atoms with Crippen LogP contribution in [-0.4, -0.2) is 33.2 Å². The number of aromatic carboxylic acids is 1. The first-order valence-corrected chi connectivity index (χ1v) is 6.53. The third-order valence-electron chi connectivity index (χ3n) is 3.01. The fourth-order valence-corrected chi connectivity index (χ4v) is 1.80. The van der Waals surface area contributed by atoms with Gasteiger partial charge in [-0.2, -0.15) is 5.10 Å². The predicted octanol–water partition coefficient (Wildman–Crippen LogP) is 1.76. The number of hydrazone groups is 1. The second-order valence-corrected chi connectivity index (χ2v) is 4.55. The Balaban J connectivity index is 2.09. The Morgan fingerprint density at radius 1 is 1.17 bits per heavy atom. The van der Waals surface area contributed by atoms with Crippen LogP contribution in [-0.2, 0) is 0 Å². The Hall–Kier alpha value is -3.75. The molecule has 0 saturated heterocycles. The molecule has 0 aliphatic rings. The number of carbonyl (C=O) groups is 2. The number of aromatic hydroxyl groups is 1. The van der Waals surface area contributed by atoms with Crippen molar-refractivity contribution < 1.29 is 24.7 Å². The van der Waals surface area contributed by atoms with Crippen LogP contribution >= 0.6 is 0 Å². The molecular formula is C15H11N3O6. The molecule has 0 saturated carbocycles. The summed E-state index contributed by atoms with van der Waals surface area (Å²) in [5, 5.41) is 32.8.